The summed E-state index contributed by atoms with van der Waals surface area (Å²) in [5, 5.41) is 0. The Morgan fingerprint density at radius 1 is 1.29 bits per heavy atom. The number of hydrogen-bond acceptors (Lipinski definition) is 2. The van der Waals surface area contributed by atoms with Crippen molar-refractivity contribution in [2.24, 2.45) is 0 Å². The minimum absolute atomic E-state index is 0. The predicted molar refractivity (Wildman–Crippen MR) is 39.6 cm³/mol. The Balaban J connectivity index is -0.0000000651. The van der Waals surface area contributed by atoms with Crippen LogP contribution in [0.1, 0.15) is 0 Å². The van der Waals surface area contributed by atoms with E-state index in [2.05, 4.69) is 4.74 Å². The standard InChI is InChI=1S/C3H6FO.C2H5FO3P.2Y/c1-5-3-2-4;3-1-2-7(4,5)6;;/h3H,2H2,1H3;2H,1H2,(H2,4,5,6);;/q2*-1;;. The van der Waals surface area contributed by atoms with Crippen molar-refractivity contribution in [1.29, 1.82) is 0 Å². The Kier molecular flexibility index (Phi) is 31.5. The second kappa shape index (κ2) is 17.6. The predicted octanol–water partition coefficient (Wildman–Crippen LogP) is 1.05. The molecule has 0 amide bonds. The van der Waals surface area contributed by atoms with Crippen molar-refractivity contribution < 1.29 is 93.3 Å². The molecule has 0 fully saturated rings. The van der Waals surface area contributed by atoms with Crippen molar-refractivity contribution in [3.63, 3.8) is 0 Å². The number of halogens is 2. The van der Waals surface area contributed by atoms with Gasteiger partial charge in [0.05, 0.1) is 0 Å². The average molecular weight is 382 g/mol. The smallest absolute Gasteiger partial charge is 0.184 e. The number of methoxy groups -OCH3 is 1. The second-order valence-corrected chi connectivity index (χ2v) is 3.03. The first-order valence-corrected chi connectivity index (χ1v) is 4.52. The fraction of sp³-hybridized carbons (Fsp3) is 0.600. The summed E-state index contributed by atoms with van der Waals surface area (Å²) in [4.78, 5) is 15.7. The molecule has 2 N–H and O–H groups in total. The maximum atomic E-state index is 10.9. The molecule has 14 heavy (non-hydrogen) atoms. The van der Waals surface area contributed by atoms with Gasteiger partial charge in [-0.15, -0.1) is 0 Å². The maximum absolute atomic E-state index is 10.9. The van der Waals surface area contributed by atoms with E-state index >= 15 is 0 Å². The molecular formula is C5H11F2O4PY2-2. The van der Waals surface area contributed by atoms with Crippen LogP contribution >= 0.6 is 7.60 Å². The van der Waals surface area contributed by atoms with Crippen LogP contribution in [0.5, 0.6) is 0 Å². The molecule has 0 bridgehead atoms. The van der Waals surface area contributed by atoms with Crippen LogP contribution in [0.2, 0.25) is 0 Å². The van der Waals surface area contributed by atoms with Crippen LogP contribution in [0.15, 0.2) is 0 Å². The number of rotatable bonds is 4. The van der Waals surface area contributed by atoms with Crippen LogP contribution in [0.4, 0.5) is 8.78 Å². The fourth-order valence-electron chi connectivity index (χ4n) is 0.153. The molecule has 0 unspecified atom stereocenters. The van der Waals surface area contributed by atoms with Crippen molar-refractivity contribution >= 4 is 7.60 Å². The number of alkyl halides is 2. The number of ether oxygens (including phenoxy) is 1. The second-order valence-electron chi connectivity index (χ2n) is 1.48. The van der Waals surface area contributed by atoms with Gasteiger partial charge in [0, 0.05) is 65.4 Å². The van der Waals surface area contributed by atoms with Gasteiger partial charge in [-0.1, -0.05) is 0 Å². The SMILES string of the molecule is CO[CH-]CF.O=P(O)(O)[CH-]CF.[Y].[Y]. The van der Waals surface area contributed by atoms with E-state index in [4.69, 9.17) is 9.79 Å². The molecule has 0 atom stereocenters. The molecule has 0 aromatic carbocycles. The van der Waals surface area contributed by atoms with Crippen molar-refractivity contribution in [2.75, 3.05) is 20.5 Å². The molecule has 0 heterocycles. The third kappa shape index (κ3) is 36.8. The average Bonchev–Trinajstić information content (AvgIpc) is 1.87. The first-order valence-electron chi connectivity index (χ1n) is 2.84. The van der Waals surface area contributed by atoms with Gasteiger partial charge < -0.3 is 14.5 Å². The van der Waals surface area contributed by atoms with Crippen molar-refractivity contribution in [3.05, 3.63) is 12.8 Å². The fourth-order valence-corrected chi connectivity index (χ4v) is 0.333. The third-order valence-corrected chi connectivity index (χ3v) is 1.15. The first-order chi connectivity index (χ1) is 5.47. The van der Waals surface area contributed by atoms with E-state index in [9.17, 15) is 13.3 Å². The molecule has 0 aromatic heterocycles. The minimum Gasteiger partial charge on any atom is -0.552 e. The van der Waals surface area contributed by atoms with E-state index in [1.165, 1.54) is 7.11 Å². The number of hydrogen-bond donors (Lipinski definition) is 2. The monoisotopic (exact) mass is 382 g/mol. The van der Waals surface area contributed by atoms with Gasteiger partial charge in [-0.2, -0.15) is 12.8 Å². The summed E-state index contributed by atoms with van der Waals surface area (Å²) in [5.41, 5.74) is 0. The summed E-state index contributed by atoms with van der Waals surface area (Å²) in [7, 11) is -2.75. The van der Waals surface area contributed by atoms with Crippen LogP contribution in [-0.4, -0.2) is 30.2 Å². The van der Waals surface area contributed by atoms with Gasteiger partial charge >= 0.3 is 0 Å². The van der Waals surface area contributed by atoms with Crippen molar-refractivity contribution in [3.8, 4) is 0 Å². The minimum atomic E-state index is -4.17. The molecule has 0 saturated heterocycles. The van der Waals surface area contributed by atoms with Gasteiger partial charge in [0.1, 0.15) is 0 Å². The summed E-state index contributed by atoms with van der Waals surface area (Å²) in [6, 6.07) is 0. The topological polar surface area (TPSA) is 66.8 Å². The molecule has 0 aliphatic rings. The summed E-state index contributed by atoms with van der Waals surface area (Å²) in [6.45, 7) is -0.499. The molecular weight excluding hydrogens is 371 g/mol. The van der Waals surface area contributed by atoms with E-state index in [0.717, 1.165) is 6.61 Å². The van der Waals surface area contributed by atoms with E-state index in [1.807, 2.05) is 0 Å². The Morgan fingerprint density at radius 3 is 1.71 bits per heavy atom. The zero-order chi connectivity index (χ0) is 10.0. The van der Waals surface area contributed by atoms with E-state index < -0.39 is 20.9 Å². The summed E-state index contributed by atoms with van der Waals surface area (Å²) < 4.78 is 35.6. The molecule has 2 radical (unpaired) electrons. The van der Waals surface area contributed by atoms with E-state index in [0.29, 0.717) is 6.16 Å². The van der Waals surface area contributed by atoms with E-state index in [-0.39, 0.29) is 65.4 Å². The normalized spacial score (nSPS) is 8.93. The molecule has 4 nitrogen and oxygen atoms in total. The van der Waals surface area contributed by atoms with Crippen LogP contribution in [-0.2, 0) is 74.7 Å². The van der Waals surface area contributed by atoms with Gasteiger partial charge in [-0.25, -0.2) is 0 Å². The van der Waals surface area contributed by atoms with E-state index in [1.54, 1.807) is 0 Å². The van der Waals surface area contributed by atoms with Crippen molar-refractivity contribution in [2.45, 2.75) is 0 Å². The van der Waals surface area contributed by atoms with Crippen LogP contribution < -0.4 is 0 Å². The van der Waals surface area contributed by atoms with Gasteiger partial charge in [-0.05, 0) is 20.5 Å². The van der Waals surface area contributed by atoms with Crippen LogP contribution in [0.3, 0.4) is 0 Å². The Bertz CT molecular complexity index is 133. The Morgan fingerprint density at radius 2 is 1.71 bits per heavy atom. The Labute approximate surface area is 132 Å². The van der Waals surface area contributed by atoms with Gasteiger partial charge in [0.15, 0.2) is 7.60 Å². The maximum Gasteiger partial charge on any atom is 0.184 e. The zero-order valence-corrected chi connectivity index (χ0v) is 14.2. The molecule has 0 aliphatic heterocycles. The molecule has 0 aliphatic carbocycles. The molecule has 9 heteroatoms. The van der Waals surface area contributed by atoms with Gasteiger partial charge in [-0.3, -0.25) is 13.3 Å². The molecule has 0 aromatic rings. The van der Waals surface area contributed by atoms with Gasteiger partial charge in [0.25, 0.3) is 0 Å². The zero-order valence-electron chi connectivity index (χ0n) is 7.64. The quantitative estimate of drug-likeness (QED) is 0.564. The molecule has 82 valence electrons. The Hall–Kier alpha value is 2.18. The molecule has 0 rings (SSSR count). The summed E-state index contributed by atoms with van der Waals surface area (Å²) in [5.74, 6) is 0. The van der Waals surface area contributed by atoms with Crippen molar-refractivity contribution in [1.82, 2.24) is 0 Å². The molecule has 0 spiro atoms. The van der Waals surface area contributed by atoms with Crippen LogP contribution in [0.25, 0.3) is 0 Å². The summed E-state index contributed by atoms with van der Waals surface area (Å²) in [6.07, 6.45) is 0.312. The van der Waals surface area contributed by atoms with Gasteiger partial charge in [0.2, 0.25) is 0 Å². The molecule has 0 saturated carbocycles. The largest absolute Gasteiger partial charge is 0.552 e. The van der Waals surface area contributed by atoms with Crippen LogP contribution in [0, 0.1) is 12.8 Å². The summed E-state index contributed by atoms with van der Waals surface area (Å²) >= 11 is 0. The first kappa shape index (κ1) is 25.1. The third-order valence-electron chi connectivity index (χ3n) is 0.537.